The maximum atomic E-state index is 12.5. The Labute approximate surface area is 175 Å². The van der Waals surface area contributed by atoms with E-state index < -0.39 is 0 Å². The SMILES string of the molecule is O=C(NCCC1CCN(Cc2ccccc2)CC1)c1cc(=O)c2cc(O)ccc2[nH]1. The number of fused-ring (bicyclic) bond motifs is 1. The Kier molecular flexibility index (Phi) is 6.14. The number of carbonyl (C=O) groups is 1. The van der Waals surface area contributed by atoms with E-state index in [0.717, 1.165) is 38.9 Å². The van der Waals surface area contributed by atoms with Crippen molar-refractivity contribution in [2.75, 3.05) is 19.6 Å². The number of phenols is 1. The number of amides is 1. The van der Waals surface area contributed by atoms with Gasteiger partial charge in [0.25, 0.3) is 5.91 Å². The standard InChI is InChI=1S/C24H27N3O3/c28-19-6-7-21-20(14-19)23(29)15-22(26-21)24(30)25-11-8-17-9-12-27(13-10-17)16-18-4-2-1-3-5-18/h1-7,14-15,17,28H,8-13,16H2,(H,25,30)(H,26,29). The van der Waals surface area contributed by atoms with E-state index in [1.54, 1.807) is 6.07 Å². The minimum absolute atomic E-state index is 0.0278. The lowest BCUT2D eigenvalue weighted by atomic mass is 9.93. The van der Waals surface area contributed by atoms with E-state index in [1.807, 2.05) is 6.07 Å². The van der Waals surface area contributed by atoms with Gasteiger partial charge in [0.05, 0.1) is 5.52 Å². The summed E-state index contributed by atoms with van der Waals surface area (Å²) in [7, 11) is 0. The van der Waals surface area contributed by atoms with Crippen LogP contribution in [-0.2, 0) is 6.54 Å². The second kappa shape index (κ2) is 9.13. The summed E-state index contributed by atoms with van der Waals surface area (Å²) in [5.41, 5.74) is 1.85. The van der Waals surface area contributed by atoms with Gasteiger partial charge in [-0.05, 0) is 62.0 Å². The number of H-pyrrole nitrogens is 1. The molecule has 1 fully saturated rings. The molecule has 0 atom stereocenters. The second-order valence-electron chi connectivity index (χ2n) is 8.03. The molecule has 3 N–H and O–H groups in total. The summed E-state index contributed by atoms with van der Waals surface area (Å²) in [6.45, 7) is 3.76. The third-order valence-corrected chi connectivity index (χ3v) is 5.85. The molecule has 6 nitrogen and oxygen atoms in total. The molecule has 0 bridgehead atoms. The minimum Gasteiger partial charge on any atom is -0.508 e. The van der Waals surface area contributed by atoms with Crippen LogP contribution in [-0.4, -0.2) is 40.5 Å². The summed E-state index contributed by atoms with van der Waals surface area (Å²) in [5, 5.41) is 12.8. The predicted molar refractivity (Wildman–Crippen MR) is 118 cm³/mol. The van der Waals surface area contributed by atoms with Gasteiger partial charge in [-0.1, -0.05) is 30.3 Å². The molecule has 0 spiro atoms. The molecule has 156 valence electrons. The lowest BCUT2D eigenvalue weighted by molar-refractivity contribution is 0.0943. The number of rotatable bonds is 6. The Morgan fingerprint density at radius 1 is 1.10 bits per heavy atom. The van der Waals surface area contributed by atoms with Crippen LogP contribution in [0.15, 0.2) is 59.4 Å². The topological polar surface area (TPSA) is 85.4 Å². The van der Waals surface area contributed by atoms with E-state index in [2.05, 4.69) is 39.5 Å². The molecule has 1 aliphatic rings. The third kappa shape index (κ3) is 4.89. The monoisotopic (exact) mass is 405 g/mol. The van der Waals surface area contributed by atoms with Crippen molar-refractivity contribution in [1.29, 1.82) is 0 Å². The summed E-state index contributed by atoms with van der Waals surface area (Å²) in [6.07, 6.45) is 3.22. The van der Waals surface area contributed by atoms with Crippen LogP contribution in [0.4, 0.5) is 0 Å². The number of nitrogens with zero attached hydrogens (tertiary/aromatic N) is 1. The number of aromatic nitrogens is 1. The zero-order valence-electron chi connectivity index (χ0n) is 16.9. The van der Waals surface area contributed by atoms with Crippen molar-refractivity contribution in [2.45, 2.75) is 25.8 Å². The summed E-state index contributed by atoms with van der Waals surface area (Å²) >= 11 is 0. The van der Waals surface area contributed by atoms with Gasteiger partial charge in [0, 0.05) is 24.5 Å². The van der Waals surface area contributed by atoms with Crippen molar-refractivity contribution >= 4 is 16.8 Å². The summed E-state index contributed by atoms with van der Waals surface area (Å²) in [4.78, 5) is 30.2. The number of aromatic hydroxyl groups is 1. The molecule has 1 saturated heterocycles. The van der Waals surface area contributed by atoms with Gasteiger partial charge in [-0.2, -0.15) is 0 Å². The van der Waals surface area contributed by atoms with Crippen LogP contribution in [0, 0.1) is 5.92 Å². The van der Waals surface area contributed by atoms with Crippen LogP contribution in [0.5, 0.6) is 5.75 Å². The van der Waals surface area contributed by atoms with Crippen LogP contribution < -0.4 is 10.7 Å². The highest BCUT2D eigenvalue weighted by molar-refractivity contribution is 5.94. The Morgan fingerprint density at radius 2 is 1.87 bits per heavy atom. The number of likely N-dealkylation sites (tertiary alicyclic amines) is 1. The summed E-state index contributed by atoms with van der Waals surface area (Å²) in [6, 6.07) is 16.3. The van der Waals surface area contributed by atoms with Crippen molar-refractivity contribution < 1.29 is 9.90 Å². The third-order valence-electron chi connectivity index (χ3n) is 5.85. The van der Waals surface area contributed by atoms with Gasteiger partial charge in [0.2, 0.25) is 0 Å². The number of piperidine rings is 1. The Balaban J connectivity index is 1.25. The van der Waals surface area contributed by atoms with E-state index in [-0.39, 0.29) is 22.8 Å². The van der Waals surface area contributed by atoms with Crippen LogP contribution in [0.1, 0.15) is 35.3 Å². The van der Waals surface area contributed by atoms with Crippen LogP contribution in [0.3, 0.4) is 0 Å². The lowest BCUT2D eigenvalue weighted by Crippen LogP contribution is -2.35. The lowest BCUT2D eigenvalue weighted by Gasteiger charge is -2.32. The smallest absolute Gasteiger partial charge is 0.267 e. The fourth-order valence-corrected chi connectivity index (χ4v) is 4.12. The number of benzene rings is 2. The first-order chi connectivity index (χ1) is 14.6. The fourth-order valence-electron chi connectivity index (χ4n) is 4.12. The van der Waals surface area contributed by atoms with Crippen LogP contribution >= 0.6 is 0 Å². The normalized spacial score (nSPS) is 15.3. The molecule has 2 aromatic carbocycles. The molecule has 1 aliphatic heterocycles. The van der Waals surface area contributed by atoms with Crippen molar-refractivity contribution in [1.82, 2.24) is 15.2 Å². The molecule has 6 heteroatoms. The first-order valence-corrected chi connectivity index (χ1v) is 10.5. The highest BCUT2D eigenvalue weighted by Gasteiger charge is 2.19. The number of hydrogen-bond acceptors (Lipinski definition) is 4. The Bertz CT molecular complexity index is 1070. The first kappa shape index (κ1) is 20.2. The Hall–Kier alpha value is -3.12. The van der Waals surface area contributed by atoms with E-state index in [4.69, 9.17) is 0 Å². The largest absolute Gasteiger partial charge is 0.508 e. The molecule has 0 aliphatic carbocycles. The van der Waals surface area contributed by atoms with E-state index >= 15 is 0 Å². The van der Waals surface area contributed by atoms with E-state index in [9.17, 15) is 14.7 Å². The summed E-state index contributed by atoms with van der Waals surface area (Å²) < 4.78 is 0. The minimum atomic E-state index is -0.282. The number of aromatic amines is 1. The highest BCUT2D eigenvalue weighted by atomic mass is 16.3. The number of phenolic OH excluding ortho intramolecular Hbond substituents is 1. The number of pyridine rings is 1. The quantitative estimate of drug-likeness (QED) is 0.588. The van der Waals surface area contributed by atoms with Gasteiger partial charge in [0.15, 0.2) is 5.43 Å². The van der Waals surface area contributed by atoms with Crippen LogP contribution in [0.2, 0.25) is 0 Å². The first-order valence-electron chi connectivity index (χ1n) is 10.5. The average molecular weight is 405 g/mol. The van der Waals surface area contributed by atoms with Gasteiger partial charge in [0.1, 0.15) is 11.4 Å². The van der Waals surface area contributed by atoms with Crippen molar-refractivity contribution in [3.8, 4) is 5.75 Å². The molecule has 2 heterocycles. The van der Waals surface area contributed by atoms with Gasteiger partial charge in [-0.3, -0.25) is 14.5 Å². The predicted octanol–water partition coefficient (Wildman–Crippen LogP) is 3.27. The summed E-state index contributed by atoms with van der Waals surface area (Å²) in [5.74, 6) is 0.361. The number of hydrogen-bond donors (Lipinski definition) is 3. The molecule has 0 radical (unpaired) electrons. The van der Waals surface area contributed by atoms with Crippen molar-refractivity contribution in [2.24, 2.45) is 5.92 Å². The van der Waals surface area contributed by atoms with Crippen LogP contribution in [0.25, 0.3) is 10.9 Å². The zero-order chi connectivity index (χ0) is 20.9. The molecule has 30 heavy (non-hydrogen) atoms. The van der Waals surface area contributed by atoms with Gasteiger partial charge < -0.3 is 15.4 Å². The number of nitrogens with one attached hydrogen (secondary N) is 2. The molecule has 4 rings (SSSR count). The molecular formula is C24H27N3O3. The fraction of sp³-hybridized carbons (Fsp3) is 0.333. The number of carbonyl (C=O) groups excluding carboxylic acids is 1. The molecule has 1 aromatic heterocycles. The molecule has 0 saturated carbocycles. The van der Waals surface area contributed by atoms with E-state index in [0.29, 0.717) is 23.4 Å². The molecular weight excluding hydrogens is 378 g/mol. The van der Waals surface area contributed by atoms with E-state index in [1.165, 1.54) is 23.8 Å². The van der Waals surface area contributed by atoms with Gasteiger partial charge in [-0.25, -0.2) is 0 Å². The van der Waals surface area contributed by atoms with Gasteiger partial charge >= 0.3 is 0 Å². The second-order valence-corrected chi connectivity index (χ2v) is 8.03. The Morgan fingerprint density at radius 3 is 2.63 bits per heavy atom. The molecule has 1 amide bonds. The molecule has 3 aromatic rings. The van der Waals surface area contributed by atoms with Crippen molar-refractivity contribution in [3.63, 3.8) is 0 Å². The van der Waals surface area contributed by atoms with Crippen molar-refractivity contribution in [3.05, 3.63) is 76.1 Å². The highest BCUT2D eigenvalue weighted by Crippen LogP contribution is 2.21. The van der Waals surface area contributed by atoms with Gasteiger partial charge in [-0.15, -0.1) is 0 Å². The maximum absolute atomic E-state index is 12.5. The average Bonchev–Trinajstić information content (AvgIpc) is 2.76. The molecule has 0 unspecified atom stereocenters. The maximum Gasteiger partial charge on any atom is 0.267 e. The zero-order valence-corrected chi connectivity index (χ0v) is 16.9.